The number of furan rings is 1. The zero-order valence-corrected chi connectivity index (χ0v) is 12.5. The van der Waals surface area contributed by atoms with E-state index in [2.05, 4.69) is 4.72 Å². The maximum absolute atomic E-state index is 11.8. The van der Waals surface area contributed by atoms with Crippen molar-refractivity contribution in [3.05, 3.63) is 17.9 Å². The van der Waals surface area contributed by atoms with Crippen molar-refractivity contribution in [1.82, 2.24) is 4.72 Å². The van der Waals surface area contributed by atoms with Crippen LogP contribution in [0.15, 0.2) is 21.6 Å². The number of carboxylic acids is 1. The van der Waals surface area contributed by atoms with Crippen LogP contribution in [0.25, 0.3) is 0 Å². The molecule has 1 heterocycles. The fraction of sp³-hybridized carbons (Fsp3) is 0.583. The number of rotatable bonds is 11. The van der Waals surface area contributed by atoms with Gasteiger partial charge in [0.15, 0.2) is 0 Å². The third-order valence-corrected chi connectivity index (χ3v) is 3.83. The lowest BCUT2D eigenvalue weighted by Crippen LogP contribution is -2.24. The van der Waals surface area contributed by atoms with E-state index in [1.54, 1.807) is 7.11 Å². The number of methoxy groups -OCH3 is 1. The summed E-state index contributed by atoms with van der Waals surface area (Å²) in [6.07, 6.45) is 1.30. The first-order valence-corrected chi connectivity index (χ1v) is 7.85. The van der Waals surface area contributed by atoms with Gasteiger partial charge in [-0.1, -0.05) is 0 Å². The Balaban J connectivity index is 2.28. The SMILES string of the molecule is COCCOCCCCNS(=O)(=O)c1ccc(C(=O)O)o1. The molecule has 1 aromatic heterocycles. The Morgan fingerprint density at radius 2 is 2.05 bits per heavy atom. The highest BCUT2D eigenvalue weighted by molar-refractivity contribution is 7.89. The number of hydrogen-bond acceptors (Lipinski definition) is 6. The van der Waals surface area contributed by atoms with Crippen LogP contribution in [0.5, 0.6) is 0 Å². The first kappa shape index (κ1) is 17.6. The van der Waals surface area contributed by atoms with Crippen molar-refractivity contribution in [2.75, 3.05) is 33.5 Å². The number of sulfonamides is 1. The molecule has 0 fully saturated rings. The van der Waals surface area contributed by atoms with Gasteiger partial charge in [-0.05, 0) is 25.0 Å². The smallest absolute Gasteiger partial charge is 0.371 e. The zero-order valence-electron chi connectivity index (χ0n) is 11.7. The van der Waals surface area contributed by atoms with Gasteiger partial charge in [0.25, 0.3) is 10.0 Å². The van der Waals surface area contributed by atoms with Crippen molar-refractivity contribution in [3.8, 4) is 0 Å². The van der Waals surface area contributed by atoms with Crippen LogP contribution < -0.4 is 4.72 Å². The van der Waals surface area contributed by atoms with Crippen LogP contribution in [-0.2, 0) is 19.5 Å². The van der Waals surface area contributed by atoms with Crippen LogP contribution in [0.3, 0.4) is 0 Å². The maximum Gasteiger partial charge on any atom is 0.371 e. The predicted octanol–water partition coefficient (Wildman–Crippen LogP) is 0.699. The molecule has 0 aromatic carbocycles. The number of aromatic carboxylic acids is 1. The average Bonchev–Trinajstić information content (AvgIpc) is 2.92. The Morgan fingerprint density at radius 3 is 2.67 bits per heavy atom. The van der Waals surface area contributed by atoms with Gasteiger partial charge in [-0.2, -0.15) is 0 Å². The second-order valence-corrected chi connectivity index (χ2v) is 5.83. The number of carbonyl (C=O) groups is 1. The van der Waals surface area contributed by atoms with Gasteiger partial charge in [-0.3, -0.25) is 0 Å². The third kappa shape index (κ3) is 6.25. The second-order valence-electron chi connectivity index (χ2n) is 4.13. The summed E-state index contributed by atoms with van der Waals surface area (Å²) in [5.74, 6) is -1.73. The normalized spacial score (nSPS) is 11.7. The second kappa shape index (κ2) is 8.78. The molecular weight excluding hydrogens is 302 g/mol. The Bertz CT molecular complexity index is 538. The van der Waals surface area contributed by atoms with E-state index < -0.39 is 26.8 Å². The van der Waals surface area contributed by atoms with Crippen LogP contribution in [0, 0.1) is 0 Å². The summed E-state index contributed by atoms with van der Waals surface area (Å²) in [5.41, 5.74) is 0. The minimum Gasteiger partial charge on any atom is -0.475 e. The molecular formula is C12H19NO7S. The summed E-state index contributed by atoms with van der Waals surface area (Å²) in [7, 11) is -2.23. The largest absolute Gasteiger partial charge is 0.475 e. The van der Waals surface area contributed by atoms with Crippen LogP contribution in [-0.4, -0.2) is 53.0 Å². The molecule has 8 nitrogen and oxygen atoms in total. The summed E-state index contributed by atoms with van der Waals surface area (Å²) in [6, 6.07) is 2.21. The van der Waals surface area contributed by atoms with Gasteiger partial charge in [0.05, 0.1) is 13.2 Å². The number of carboxylic acid groups (broad SMARTS) is 1. The topological polar surface area (TPSA) is 115 Å². The minimum absolute atomic E-state index is 0.221. The first-order chi connectivity index (χ1) is 9.97. The number of nitrogens with one attached hydrogen (secondary N) is 1. The van der Waals surface area contributed by atoms with E-state index in [0.29, 0.717) is 32.7 Å². The quantitative estimate of drug-likeness (QED) is 0.576. The molecule has 1 rings (SSSR count). The standard InChI is InChI=1S/C12H19NO7S/c1-18-8-9-19-7-3-2-6-13-21(16,17)11-5-4-10(20-11)12(14)15/h4-5,13H,2-3,6-9H2,1H3,(H,14,15). The molecule has 0 aliphatic rings. The highest BCUT2D eigenvalue weighted by Crippen LogP contribution is 2.13. The fourth-order valence-electron chi connectivity index (χ4n) is 1.43. The van der Waals surface area contributed by atoms with Gasteiger partial charge in [0.2, 0.25) is 10.9 Å². The molecule has 0 bridgehead atoms. The molecule has 1 aromatic rings. The molecule has 0 aliphatic heterocycles. The fourth-order valence-corrected chi connectivity index (χ4v) is 2.43. The maximum atomic E-state index is 11.8. The van der Waals surface area contributed by atoms with E-state index in [1.807, 2.05) is 0 Å². The summed E-state index contributed by atoms with van der Waals surface area (Å²) in [6.45, 7) is 1.78. The van der Waals surface area contributed by atoms with Gasteiger partial charge in [0.1, 0.15) is 0 Å². The van der Waals surface area contributed by atoms with Crippen LogP contribution in [0.4, 0.5) is 0 Å². The van der Waals surface area contributed by atoms with Crippen molar-refractivity contribution >= 4 is 16.0 Å². The lowest BCUT2D eigenvalue weighted by atomic mass is 10.3. The number of hydrogen-bond donors (Lipinski definition) is 2. The van der Waals surface area contributed by atoms with Crippen LogP contribution in [0.2, 0.25) is 0 Å². The highest BCUT2D eigenvalue weighted by atomic mass is 32.2. The molecule has 2 N–H and O–H groups in total. The van der Waals surface area contributed by atoms with E-state index in [9.17, 15) is 13.2 Å². The molecule has 0 aliphatic carbocycles. The highest BCUT2D eigenvalue weighted by Gasteiger charge is 2.20. The Hall–Kier alpha value is -1.42. The Morgan fingerprint density at radius 1 is 1.29 bits per heavy atom. The molecule has 0 atom stereocenters. The van der Waals surface area contributed by atoms with Gasteiger partial charge in [-0.25, -0.2) is 17.9 Å². The van der Waals surface area contributed by atoms with E-state index in [-0.39, 0.29) is 6.54 Å². The van der Waals surface area contributed by atoms with E-state index >= 15 is 0 Å². The minimum atomic E-state index is -3.82. The third-order valence-electron chi connectivity index (χ3n) is 2.50. The van der Waals surface area contributed by atoms with E-state index in [1.165, 1.54) is 0 Å². The van der Waals surface area contributed by atoms with Crippen molar-refractivity contribution in [2.24, 2.45) is 0 Å². The molecule has 0 saturated carbocycles. The van der Waals surface area contributed by atoms with Gasteiger partial charge >= 0.3 is 5.97 Å². The molecule has 0 radical (unpaired) electrons. The zero-order chi connectivity index (χ0) is 15.7. The molecule has 0 unspecified atom stereocenters. The number of unbranched alkanes of at least 4 members (excludes halogenated alkanes) is 1. The predicted molar refractivity (Wildman–Crippen MR) is 72.8 cm³/mol. The number of ether oxygens (including phenoxy) is 2. The molecule has 120 valence electrons. The van der Waals surface area contributed by atoms with Gasteiger partial charge in [-0.15, -0.1) is 0 Å². The summed E-state index contributed by atoms with van der Waals surface area (Å²) in [5, 5.41) is 8.26. The lowest BCUT2D eigenvalue weighted by molar-refractivity contribution is 0.0656. The van der Waals surface area contributed by atoms with Crippen LogP contribution >= 0.6 is 0 Å². The molecule has 0 amide bonds. The van der Waals surface area contributed by atoms with Gasteiger partial charge < -0.3 is 19.0 Å². The van der Waals surface area contributed by atoms with Crippen LogP contribution in [0.1, 0.15) is 23.4 Å². The van der Waals surface area contributed by atoms with Crippen molar-refractivity contribution in [2.45, 2.75) is 17.9 Å². The van der Waals surface area contributed by atoms with E-state index in [4.69, 9.17) is 19.0 Å². The van der Waals surface area contributed by atoms with E-state index in [0.717, 1.165) is 12.1 Å². The molecule has 0 spiro atoms. The molecule has 9 heteroatoms. The van der Waals surface area contributed by atoms with Gasteiger partial charge in [0, 0.05) is 20.3 Å². The summed E-state index contributed by atoms with van der Waals surface area (Å²) < 4.78 is 40.7. The monoisotopic (exact) mass is 321 g/mol. The summed E-state index contributed by atoms with van der Waals surface area (Å²) in [4.78, 5) is 10.6. The molecule has 0 saturated heterocycles. The lowest BCUT2D eigenvalue weighted by Gasteiger charge is -2.05. The van der Waals surface area contributed by atoms with Crippen molar-refractivity contribution in [3.63, 3.8) is 0 Å². The Kier molecular flexibility index (Phi) is 7.37. The average molecular weight is 321 g/mol. The Labute approximate surface area is 123 Å². The van der Waals surface area contributed by atoms with Crippen molar-refractivity contribution in [1.29, 1.82) is 0 Å². The van der Waals surface area contributed by atoms with Crippen molar-refractivity contribution < 1.29 is 32.2 Å². The molecule has 21 heavy (non-hydrogen) atoms. The summed E-state index contributed by atoms with van der Waals surface area (Å²) >= 11 is 0. The first-order valence-electron chi connectivity index (χ1n) is 6.37.